The number of rotatable bonds is 2. The fourth-order valence-electron chi connectivity index (χ4n) is 2.50. The normalized spacial score (nSPS) is 11.1. The lowest BCUT2D eigenvalue weighted by Gasteiger charge is -2.41. The molecular formula is C19H20Cl2N2O2. The molecule has 2 rings (SSSR count). The Bertz CT molecular complexity index is 783. The largest absolute Gasteiger partial charge is 0.273 e. The van der Waals surface area contributed by atoms with Crippen molar-refractivity contribution in [1.29, 1.82) is 0 Å². The van der Waals surface area contributed by atoms with Crippen LogP contribution in [-0.4, -0.2) is 34.4 Å². The van der Waals surface area contributed by atoms with Gasteiger partial charge < -0.3 is 0 Å². The standard InChI is InChI=1S/C19H20Cl2N2O2/c1-19(2,3)23(18(25)14-6-5-7-16(21)12-14)22(4)17(24)13-8-10-15(20)11-9-13/h5-12H,1-4H3. The fourth-order valence-corrected chi connectivity index (χ4v) is 2.82. The van der Waals surface area contributed by atoms with Gasteiger partial charge in [0.25, 0.3) is 11.8 Å². The smallest absolute Gasteiger partial charge is 0.267 e. The first-order chi connectivity index (χ1) is 11.6. The summed E-state index contributed by atoms with van der Waals surface area (Å²) in [5, 5.41) is 3.76. The highest BCUT2D eigenvalue weighted by Crippen LogP contribution is 2.23. The number of hydrogen-bond donors (Lipinski definition) is 0. The average Bonchev–Trinajstić information content (AvgIpc) is 2.53. The molecular weight excluding hydrogens is 359 g/mol. The van der Waals surface area contributed by atoms with Crippen LogP contribution in [0.5, 0.6) is 0 Å². The number of nitrogens with zero attached hydrogens (tertiary/aromatic N) is 2. The molecule has 2 amide bonds. The van der Waals surface area contributed by atoms with Gasteiger partial charge in [-0.25, -0.2) is 10.0 Å². The summed E-state index contributed by atoms with van der Waals surface area (Å²) in [6.45, 7) is 5.59. The third-order valence-corrected chi connectivity index (χ3v) is 4.07. The van der Waals surface area contributed by atoms with Gasteiger partial charge in [0.2, 0.25) is 0 Å². The van der Waals surface area contributed by atoms with E-state index in [4.69, 9.17) is 23.2 Å². The maximum Gasteiger partial charge on any atom is 0.273 e. The first-order valence-corrected chi connectivity index (χ1v) is 8.50. The molecule has 0 N–H and O–H groups in total. The molecule has 0 saturated heterocycles. The molecule has 4 nitrogen and oxygen atoms in total. The number of carbonyl (C=O) groups excluding carboxylic acids is 2. The molecule has 0 aromatic heterocycles. The van der Waals surface area contributed by atoms with E-state index in [2.05, 4.69) is 0 Å². The van der Waals surface area contributed by atoms with Crippen molar-refractivity contribution in [2.24, 2.45) is 0 Å². The Morgan fingerprint density at radius 1 is 0.840 bits per heavy atom. The zero-order chi connectivity index (χ0) is 18.8. The number of benzene rings is 2. The van der Waals surface area contributed by atoms with Gasteiger partial charge in [0, 0.05) is 28.2 Å². The highest BCUT2D eigenvalue weighted by molar-refractivity contribution is 6.31. The van der Waals surface area contributed by atoms with Crippen molar-refractivity contribution < 1.29 is 9.59 Å². The zero-order valence-corrected chi connectivity index (χ0v) is 16.1. The van der Waals surface area contributed by atoms with Crippen molar-refractivity contribution in [3.8, 4) is 0 Å². The molecule has 2 aromatic carbocycles. The summed E-state index contributed by atoms with van der Waals surface area (Å²) >= 11 is 11.9. The van der Waals surface area contributed by atoms with Gasteiger partial charge in [-0.2, -0.15) is 0 Å². The second kappa shape index (κ2) is 7.46. The first-order valence-electron chi connectivity index (χ1n) is 7.75. The molecule has 0 atom stereocenters. The second-order valence-corrected chi connectivity index (χ2v) is 7.51. The molecule has 2 aromatic rings. The van der Waals surface area contributed by atoms with E-state index >= 15 is 0 Å². The summed E-state index contributed by atoms with van der Waals surface area (Å²) in [5.41, 5.74) is 0.245. The highest BCUT2D eigenvalue weighted by atomic mass is 35.5. The minimum Gasteiger partial charge on any atom is -0.267 e. The van der Waals surface area contributed by atoms with Crippen LogP contribution in [-0.2, 0) is 0 Å². The molecule has 0 fully saturated rings. The molecule has 0 saturated carbocycles. The fraction of sp³-hybridized carbons (Fsp3) is 0.263. The number of hydrazine groups is 1. The van der Waals surface area contributed by atoms with E-state index in [0.717, 1.165) is 0 Å². The zero-order valence-electron chi connectivity index (χ0n) is 14.6. The van der Waals surface area contributed by atoms with E-state index < -0.39 is 5.54 Å². The SMILES string of the molecule is CN(C(=O)c1ccc(Cl)cc1)N(C(=O)c1cccc(Cl)c1)C(C)(C)C. The lowest BCUT2D eigenvalue weighted by atomic mass is 10.1. The van der Waals surface area contributed by atoms with Gasteiger partial charge in [0.15, 0.2) is 0 Å². The van der Waals surface area contributed by atoms with Crippen molar-refractivity contribution in [3.63, 3.8) is 0 Å². The lowest BCUT2D eigenvalue weighted by Crippen LogP contribution is -2.56. The first kappa shape index (κ1) is 19.3. The molecule has 0 heterocycles. The summed E-state index contributed by atoms with van der Waals surface area (Å²) in [4.78, 5) is 25.8. The average molecular weight is 379 g/mol. The van der Waals surface area contributed by atoms with Crippen LogP contribution in [0, 0.1) is 0 Å². The minimum absolute atomic E-state index is 0.304. The molecule has 0 aliphatic heterocycles. The third-order valence-electron chi connectivity index (χ3n) is 3.58. The Hall–Kier alpha value is -2.04. The van der Waals surface area contributed by atoms with Gasteiger partial charge in [-0.3, -0.25) is 9.59 Å². The number of hydrogen-bond acceptors (Lipinski definition) is 2. The molecule has 0 unspecified atom stereocenters. The van der Waals surface area contributed by atoms with Gasteiger partial charge in [0.05, 0.1) is 5.54 Å². The van der Waals surface area contributed by atoms with Crippen LogP contribution in [0.2, 0.25) is 10.0 Å². The van der Waals surface area contributed by atoms with Gasteiger partial charge in [-0.05, 0) is 63.2 Å². The molecule has 0 aliphatic carbocycles. The van der Waals surface area contributed by atoms with Crippen molar-refractivity contribution >= 4 is 35.0 Å². The van der Waals surface area contributed by atoms with Crippen LogP contribution < -0.4 is 0 Å². The van der Waals surface area contributed by atoms with Crippen LogP contribution >= 0.6 is 23.2 Å². The van der Waals surface area contributed by atoms with Gasteiger partial charge >= 0.3 is 0 Å². The maximum absolute atomic E-state index is 13.0. The Kier molecular flexibility index (Phi) is 5.76. The van der Waals surface area contributed by atoms with E-state index in [-0.39, 0.29) is 11.8 Å². The predicted molar refractivity (Wildman–Crippen MR) is 101 cm³/mol. The Morgan fingerprint density at radius 3 is 1.96 bits per heavy atom. The van der Waals surface area contributed by atoms with E-state index in [0.29, 0.717) is 21.2 Å². The Labute approximate surface area is 157 Å². The van der Waals surface area contributed by atoms with E-state index in [1.54, 1.807) is 55.6 Å². The van der Waals surface area contributed by atoms with Gasteiger partial charge in [-0.1, -0.05) is 29.3 Å². The highest BCUT2D eigenvalue weighted by Gasteiger charge is 2.34. The molecule has 6 heteroatoms. The Morgan fingerprint density at radius 2 is 1.44 bits per heavy atom. The van der Waals surface area contributed by atoms with Crippen LogP contribution in [0.3, 0.4) is 0 Å². The van der Waals surface area contributed by atoms with Crippen molar-refractivity contribution in [2.75, 3.05) is 7.05 Å². The minimum atomic E-state index is -0.615. The van der Waals surface area contributed by atoms with Crippen molar-refractivity contribution in [1.82, 2.24) is 10.0 Å². The number of halogens is 2. The van der Waals surface area contributed by atoms with Crippen molar-refractivity contribution in [3.05, 3.63) is 69.7 Å². The van der Waals surface area contributed by atoms with Gasteiger partial charge in [-0.15, -0.1) is 0 Å². The quantitative estimate of drug-likeness (QED) is 0.695. The monoisotopic (exact) mass is 378 g/mol. The third kappa shape index (κ3) is 4.53. The van der Waals surface area contributed by atoms with Crippen LogP contribution in [0.4, 0.5) is 0 Å². The molecule has 132 valence electrons. The van der Waals surface area contributed by atoms with E-state index in [1.165, 1.54) is 10.0 Å². The topological polar surface area (TPSA) is 40.6 Å². The maximum atomic E-state index is 13.0. The summed E-state index contributed by atoms with van der Waals surface area (Å²) in [6, 6.07) is 13.2. The van der Waals surface area contributed by atoms with Crippen LogP contribution in [0.25, 0.3) is 0 Å². The van der Waals surface area contributed by atoms with E-state index in [1.807, 2.05) is 20.8 Å². The lowest BCUT2D eigenvalue weighted by molar-refractivity contribution is -0.0308. The second-order valence-electron chi connectivity index (χ2n) is 6.63. The number of carbonyl (C=O) groups is 2. The molecule has 0 aliphatic rings. The molecule has 0 bridgehead atoms. The summed E-state index contributed by atoms with van der Waals surface area (Å²) in [6.07, 6.45) is 0. The number of amides is 2. The molecule has 0 radical (unpaired) electrons. The van der Waals surface area contributed by atoms with Crippen molar-refractivity contribution in [2.45, 2.75) is 26.3 Å². The summed E-state index contributed by atoms with van der Waals surface area (Å²) in [7, 11) is 1.57. The predicted octanol–water partition coefficient (Wildman–Crippen LogP) is 4.92. The summed E-state index contributed by atoms with van der Waals surface area (Å²) in [5.74, 6) is -0.609. The van der Waals surface area contributed by atoms with Crippen LogP contribution in [0.1, 0.15) is 41.5 Å². The molecule has 25 heavy (non-hydrogen) atoms. The van der Waals surface area contributed by atoms with E-state index in [9.17, 15) is 9.59 Å². The Balaban J connectivity index is 2.38. The van der Waals surface area contributed by atoms with Gasteiger partial charge in [0.1, 0.15) is 0 Å². The van der Waals surface area contributed by atoms with Crippen LogP contribution in [0.15, 0.2) is 48.5 Å². The summed E-state index contributed by atoms with van der Waals surface area (Å²) < 4.78 is 0. The molecule has 0 spiro atoms.